The van der Waals surface area contributed by atoms with E-state index in [9.17, 15) is 14.4 Å². The minimum absolute atomic E-state index is 0.282. The third-order valence-electron chi connectivity index (χ3n) is 11.5. The lowest BCUT2D eigenvalue weighted by atomic mass is 9.52. The number of carbonyl (C=O) groups is 3. The Morgan fingerprint density at radius 2 is 1.77 bits per heavy atom. The quantitative estimate of drug-likeness (QED) is 0.332. The van der Waals surface area contributed by atoms with Gasteiger partial charge in [0, 0.05) is 18.9 Å². The Hall–Kier alpha value is -2.89. The molecule has 43 heavy (non-hydrogen) atoms. The predicted octanol–water partition coefficient (Wildman–Crippen LogP) is 8.23. The monoisotopic (exact) mass is 587 g/mol. The minimum atomic E-state index is -0.615. The molecule has 1 aromatic carbocycles. The summed E-state index contributed by atoms with van der Waals surface area (Å²) < 4.78 is 11.5. The molecule has 232 valence electrons. The highest BCUT2D eigenvalue weighted by Crippen LogP contribution is 2.65. The van der Waals surface area contributed by atoms with Crippen molar-refractivity contribution in [2.75, 3.05) is 6.54 Å². The molecule has 0 aromatic heterocycles. The van der Waals surface area contributed by atoms with Gasteiger partial charge in [0.1, 0.15) is 17.7 Å². The van der Waals surface area contributed by atoms with Gasteiger partial charge in [0.2, 0.25) is 0 Å². The molecule has 1 saturated heterocycles. The molecule has 0 bridgehead atoms. The Morgan fingerprint density at radius 3 is 2.49 bits per heavy atom. The first-order valence-corrected chi connectivity index (χ1v) is 16.6. The summed E-state index contributed by atoms with van der Waals surface area (Å²) in [6, 6.07) is 8.11. The Bertz CT molecular complexity index is 1350. The number of amides is 1. The zero-order valence-electron chi connectivity index (χ0n) is 26.9. The van der Waals surface area contributed by atoms with E-state index >= 15 is 0 Å². The van der Waals surface area contributed by atoms with E-state index in [0.29, 0.717) is 42.6 Å². The van der Waals surface area contributed by atoms with E-state index in [0.717, 1.165) is 43.6 Å². The summed E-state index contributed by atoms with van der Waals surface area (Å²) in [6.07, 6.45) is 9.91. The van der Waals surface area contributed by atoms with E-state index in [-0.39, 0.29) is 11.8 Å². The van der Waals surface area contributed by atoms with Gasteiger partial charge in [0.25, 0.3) is 0 Å². The highest BCUT2D eigenvalue weighted by molar-refractivity contribution is 5.93. The molecule has 6 rings (SSSR count). The molecule has 0 radical (unpaired) electrons. The first-order valence-electron chi connectivity index (χ1n) is 16.6. The molecule has 4 aliphatic carbocycles. The van der Waals surface area contributed by atoms with Crippen LogP contribution in [0.4, 0.5) is 4.79 Å². The average molecular weight is 588 g/mol. The van der Waals surface area contributed by atoms with Crippen molar-refractivity contribution in [3.63, 3.8) is 0 Å². The van der Waals surface area contributed by atoms with E-state index < -0.39 is 23.8 Å². The van der Waals surface area contributed by atoms with Crippen LogP contribution in [-0.2, 0) is 19.1 Å². The molecule has 1 heterocycles. The lowest BCUT2D eigenvalue weighted by Gasteiger charge is -2.52. The van der Waals surface area contributed by atoms with Crippen LogP contribution in [0.2, 0.25) is 0 Å². The molecule has 5 aliphatic rings. The zero-order valence-corrected chi connectivity index (χ0v) is 26.9. The maximum absolute atomic E-state index is 13.2. The molecular weight excluding hydrogens is 538 g/mol. The number of likely N-dealkylation sites (tertiary alicyclic amines) is 1. The van der Waals surface area contributed by atoms with Crippen LogP contribution >= 0.6 is 0 Å². The van der Waals surface area contributed by atoms with Crippen LogP contribution in [0.1, 0.15) is 122 Å². The summed E-state index contributed by atoms with van der Waals surface area (Å²) in [6.45, 7) is 12.9. The van der Waals surface area contributed by atoms with Crippen LogP contribution in [0.25, 0.3) is 0 Å². The summed E-state index contributed by atoms with van der Waals surface area (Å²) in [5, 5.41) is 0. The van der Waals surface area contributed by atoms with E-state index in [1.54, 1.807) is 5.57 Å². The zero-order chi connectivity index (χ0) is 30.7. The van der Waals surface area contributed by atoms with Gasteiger partial charge in [0.15, 0.2) is 5.78 Å². The number of carbonyl (C=O) groups excluding carboxylic acids is 3. The normalized spacial score (nSPS) is 32.9. The lowest BCUT2D eigenvalue weighted by Crippen LogP contribution is -2.44. The van der Waals surface area contributed by atoms with Gasteiger partial charge in [-0.2, -0.15) is 0 Å². The summed E-state index contributed by atoms with van der Waals surface area (Å²) in [7, 11) is 0. The van der Waals surface area contributed by atoms with Crippen molar-refractivity contribution in [2.24, 2.45) is 23.2 Å². The lowest BCUT2D eigenvalue weighted by molar-refractivity contribution is -0.153. The number of nitrogens with zero attached hydrogens (tertiary/aromatic N) is 1. The molecule has 2 saturated carbocycles. The fourth-order valence-electron chi connectivity index (χ4n) is 9.08. The highest BCUT2D eigenvalue weighted by Gasteiger charge is 2.55. The van der Waals surface area contributed by atoms with Gasteiger partial charge in [-0.25, -0.2) is 9.59 Å². The van der Waals surface area contributed by atoms with Crippen LogP contribution in [0.5, 0.6) is 0 Å². The number of allylic oxidation sites excluding steroid dienone is 4. The second-order valence-electron chi connectivity index (χ2n) is 15.1. The minimum Gasteiger partial charge on any atom is -0.456 e. The first-order chi connectivity index (χ1) is 20.4. The topological polar surface area (TPSA) is 72.9 Å². The summed E-state index contributed by atoms with van der Waals surface area (Å²) in [5.41, 5.74) is 6.40. The molecule has 7 atom stereocenters. The van der Waals surface area contributed by atoms with Crippen molar-refractivity contribution >= 4 is 17.8 Å². The molecule has 7 unspecified atom stereocenters. The van der Waals surface area contributed by atoms with Gasteiger partial charge < -0.3 is 9.47 Å². The third-order valence-corrected chi connectivity index (χ3v) is 11.5. The maximum atomic E-state index is 13.2. The van der Waals surface area contributed by atoms with E-state index in [4.69, 9.17) is 9.47 Å². The number of ether oxygens (including phenoxy) is 2. The van der Waals surface area contributed by atoms with E-state index in [2.05, 4.69) is 38.1 Å². The number of fused-ring (bicyclic) bond motifs is 4. The van der Waals surface area contributed by atoms with Gasteiger partial charge in [0.05, 0.1) is 0 Å². The molecule has 3 fully saturated rings. The standard InChI is InChI=1S/C37H49NO5/c1-22-9-18-31-29-16-14-26-20-27(39)15-17-28(26)33(29)30(21-37(22,31)6)25-12-10-24(11-13-25)23(2)42-34(40)32-8-7-19-38(32)35(41)43-36(3,4)5/h10-13,20,22-23,29-32H,7-9,14-19,21H2,1-6H3. The number of esters is 1. The Kier molecular flexibility index (Phi) is 7.88. The number of benzene rings is 1. The number of rotatable bonds is 4. The van der Waals surface area contributed by atoms with E-state index in [1.165, 1.54) is 34.5 Å². The second-order valence-corrected chi connectivity index (χ2v) is 15.1. The van der Waals surface area contributed by atoms with Gasteiger partial charge in [-0.15, -0.1) is 0 Å². The van der Waals surface area contributed by atoms with Crippen molar-refractivity contribution in [3.8, 4) is 0 Å². The van der Waals surface area contributed by atoms with Crippen molar-refractivity contribution in [3.05, 3.63) is 58.2 Å². The van der Waals surface area contributed by atoms with Crippen LogP contribution < -0.4 is 0 Å². The van der Waals surface area contributed by atoms with E-state index in [1.807, 2.05) is 33.8 Å². The van der Waals surface area contributed by atoms with Crippen molar-refractivity contribution in [2.45, 2.75) is 123 Å². The summed E-state index contributed by atoms with van der Waals surface area (Å²) in [5.74, 6) is 2.31. The molecule has 1 amide bonds. The van der Waals surface area contributed by atoms with Crippen LogP contribution in [0, 0.1) is 23.2 Å². The molecule has 1 aliphatic heterocycles. The average Bonchev–Trinajstić information content (AvgIpc) is 3.56. The largest absolute Gasteiger partial charge is 0.456 e. The molecule has 6 nitrogen and oxygen atoms in total. The predicted molar refractivity (Wildman–Crippen MR) is 166 cm³/mol. The SMILES string of the molecule is CC(OC(=O)C1CCCN1C(=O)OC(C)(C)C)c1ccc(C2CC3(C)C(C)CCC3C3CCC4=CC(=O)CCC4=C23)cc1. The molecule has 1 aromatic rings. The second kappa shape index (κ2) is 11.2. The highest BCUT2D eigenvalue weighted by atomic mass is 16.6. The number of hydrogen-bond acceptors (Lipinski definition) is 5. The van der Waals surface area contributed by atoms with Crippen molar-refractivity contribution in [1.29, 1.82) is 0 Å². The van der Waals surface area contributed by atoms with Crippen LogP contribution in [-0.4, -0.2) is 40.9 Å². The summed E-state index contributed by atoms with van der Waals surface area (Å²) >= 11 is 0. The van der Waals surface area contributed by atoms with Crippen molar-refractivity contribution in [1.82, 2.24) is 4.90 Å². The third kappa shape index (κ3) is 5.60. The molecular formula is C37H49NO5. The first kappa shape index (κ1) is 30.1. The fraction of sp³-hybridized carbons (Fsp3) is 0.649. The number of ketones is 1. The number of hydrogen-bond donors (Lipinski definition) is 0. The molecule has 6 heteroatoms. The Labute approximate surface area is 257 Å². The van der Waals surface area contributed by atoms with Crippen LogP contribution in [0.15, 0.2) is 47.1 Å². The molecule has 0 spiro atoms. The Morgan fingerprint density at radius 1 is 1.02 bits per heavy atom. The molecule has 0 N–H and O–H groups in total. The fourth-order valence-corrected chi connectivity index (χ4v) is 9.08. The van der Waals surface area contributed by atoms with Gasteiger partial charge in [-0.05, 0) is 131 Å². The summed E-state index contributed by atoms with van der Waals surface area (Å²) in [4.78, 5) is 39.7. The van der Waals surface area contributed by atoms with Gasteiger partial charge in [-0.1, -0.05) is 43.7 Å². The smallest absolute Gasteiger partial charge is 0.411 e. The maximum Gasteiger partial charge on any atom is 0.411 e. The van der Waals surface area contributed by atoms with Crippen molar-refractivity contribution < 1.29 is 23.9 Å². The van der Waals surface area contributed by atoms with Gasteiger partial charge >= 0.3 is 12.1 Å². The Balaban J connectivity index is 1.22. The van der Waals surface area contributed by atoms with Crippen LogP contribution in [0.3, 0.4) is 0 Å². The van der Waals surface area contributed by atoms with Gasteiger partial charge in [-0.3, -0.25) is 9.69 Å².